The zero-order valence-electron chi connectivity index (χ0n) is 28.7. The predicted octanol–water partition coefficient (Wildman–Crippen LogP) is 8.09. The minimum atomic E-state index is -3.66. The number of fused-ring (bicyclic) bond motifs is 8. The zero-order chi connectivity index (χ0) is 35.0. The zero-order valence-corrected chi connectivity index (χ0v) is 32.9. The molecule has 0 radical (unpaired) electrons. The quantitative estimate of drug-likeness (QED) is 0.143. The first-order valence-electron chi connectivity index (χ1n) is 18.3. The standard InChI is InChI=1S/C44H24Ge2N2O6/c1-45-33-23-11-7-15-27(33)51-41-37(45)43(53-29-17-19-31-39(35(29)45)47(23)21-9-3-5-13-25(21)49-31)42-38-44(41)54-30-18-20-32-40-36(30)46(38,2)34-24(12-8-16-28(34)52-42)48(40)22-10-4-6-14-26(22)50-32/h3-20H,1-2H3. The molecule has 0 bridgehead atoms. The van der Waals surface area contributed by atoms with E-state index in [-0.39, 0.29) is 0 Å². The second kappa shape index (κ2) is 8.54. The number of hydrogen-bond donors (Lipinski definition) is 0. The summed E-state index contributed by atoms with van der Waals surface area (Å²) in [6.45, 7) is 0. The van der Waals surface area contributed by atoms with E-state index in [0.717, 1.165) is 112 Å². The van der Waals surface area contributed by atoms with Gasteiger partial charge in [0.15, 0.2) is 0 Å². The molecule has 54 heavy (non-hydrogen) atoms. The van der Waals surface area contributed by atoms with Crippen LogP contribution in [0.5, 0.6) is 69.0 Å². The molecule has 0 saturated heterocycles. The molecule has 0 N–H and O–H groups in total. The van der Waals surface area contributed by atoms with Gasteiger partial charge in [0.05, 0.1) is 0 Å². The Morgan fingerprint density at radius 3 is 1.11 bits per heavy atom. The third-order valence-electron chi connectivity index (χ3n) is 13.0. The molecule has 2 unspecified atom stereocenters. The van der Waals surface area contributed by atoms with Crippen molar-refractivity contribution >= 4 is 87.0 Å². The fraction of sp³-hybridized carbons (Fsp3) is 0.0455. The molecule has 8 nitrogen and oxygen atoms in total. The number of ether oxygens (including phenoxy) is 6. The Hall–Kier alpha value is -5.97. The van der Waals surface area contributed by atoms with Gasteiger partial charge in [0, 0.05) is 0 Å². The van der Waals surface area contributed by atoms with Crippen LogP contribution in [0.2, 0.25) is 11.5 Å². The number of hydrogen-bond acceptors (Lipinski definition) is 8. The maximum absolute atomic E-state index is 7.26. The molecule has 0 spiro atoms. The van der Waals surface area contributed by atoms with Gasteiger partial charge >= 0.3 is 315 Å². The normalized spacial score (nSPS) is 21.0. The molecule has 0 saturated carbocycles. The van der Waals surface area contributed by atoms with E-state index >= 15 is 0 Å². The van der Waals surface area contributed by atoms with Gasteiger partial charge in [-0.1, -0.05) is 0 Å². The Morgan fingerprint density at radius 1 is 0.315 bits per heavy atom. The molecular weight excluding hydrogens is 798 g/mol. The summed E-state index contributed by atoms with van der Waals surface area (Å²) < 4.78 is 49.5. The first-order chi connectivity index (χ1) is 26.5. The summed E-state index contributed by atoms with van der Waals surface area (Å²) in [7, 11) is 0. The van der Waals surface area contributed by atoms with Crippen molar-refractivity contribution in [3.05, 3.63) is 109 Å². The van der Waals surface area contributed by atoms with E-state index in [2.05, 4.69) is 106 Å². The van der Waals surface area contributed by atoms with Crippen molar-refractivity contribution in [1.82, 2.24) is 0 Å². The first kappa shape index (κ1) is 27.6. The van der Waals surface area contributed by atoms with E-state index in [4.69, 9.17) is 28.4 Å². The maximum atomic E-state index is 7.26. The van der Waals surface area contributed by atoms with Crippen LogP contribution in [0.4, 0.5) is 34.1 Å². The van der Waals surface area contributed by atoms with Crippen molar-refractivity contribution in [2.75, 3.05) is 9.80 Å². The number of rotatable bonds is 0. The van der Waals surface area contributed by atoms with Crippen LogP contribution in [0.15, 0.2) is 109 Å². The van der Waals surface area contributed by atoms with Crippen LogP contribution in [0, 0.1) is 0 Å². The third-order valence-corrected chi connectivity index (χ3v) is 31.6. The Bertz CT molecular complexity index is 2870. The number of benzene rings is 7. The van der Waals surface area contributed by atoms with Crippen LogP contribution in [-0.4, -0.2) is 26.5 Å². The topological polar surface area (TPSA) is 61.9 Å². The Balaban J connectivity index is 1.07. The van der Waals surface area contributed by atoms with Crippen LogP contribution in [0.25, 0.3) is 0 Å². The number of para-hydroxylation sites is 4. The van der Waals surface area contributed by atoms with E-state index in [1.807, 2.05) is 24.3 Å². The van der Waals surface area contributed by atoms with Gasteiger partial charge in [0.2, 0.25) is 0 Å². The van der Waals surface area contributed by atoms with Gasteiger partial charge < -0.3 is 0 Å². The van der Waals surface area contributed by atoms with E-state index < -0.39 is 26.5 Å². The van der Waals surface area contributed by atoms with Gasteiger partial charge in [0.25, 0.3) is 0 Å². The Morgan fingerprint density at radius 2 is 0.667 bits per heavy atom. The molecule has 0 aliphatic carbocycles. The molecule has 8 heterocycles. The number of anilines is 6. The third kappa shape index (κ3) is 2.70. The van der Waals surface area contributed by atoms with Gasteiger partial charge in [-0.05, 0) is 0 Å². The summed E-state index contributed by atoms with van der Waals surface area (Å²) in [5.41, 5.74) is 6.40. The predicted molar refractivity (Wildman–Crippen MR) is 210 cm³/mol. The molecule has 8 aliphatic rings. The molecule has 254 valence electrons. The molecular formula is C44H24Ge2N2O6. The van der Waals surface area contributed by atoms with E-state index in [1.165, 1.54) is 17.6 Å². The molecule has 7 aromatic carbocycles. The average Bonchev–Trinajstić information content (AvgIpc) is 3.19. The van der Waals surface area contributed by atoms with Crippen LogP contribution >= 0.6 is 0 Å². The van der Waals surface area contributed by atoms with Crippen molar-refractivity contribution in [3.8, 4) is 69.0 Å². The molecule has 15 rings (SSSR count). The fourth-order valence-corrected chi connectivity index (χ4v) is 30.6. The van der Waals surface area contributed by atoms with E-state index in [1.54, 1.807) is 0 Å². The second-order valence-electron chi connectivity index (χ2n) is 15.4. The van der Waals surface area contributed by atoms with Crippen molar-refractivity contribution < 1.29 is 28.4 Å². The van der Waals surface area contributed by atoms with Gasteiger partial charge in [-0.3, -0.25) is 0 Å². The van der Waals surface area contributed by atoms with Gasteiger partial charge in [-0.15, -0.1) is 0 Å². The van der Waals surface area contributed by atoms with Gasteiger partial charge in [-0.25, -0.2) is 0 Å². The SMILES string of the molecule is [CH3][Ge]12[c]3c4cccc3N3c5ccccc5Oc5ccc([c]1c53)Oc1c3[c]5c(c([c]12)O4)Oc1ccc2c4[c]1[Ge]5([CH3])[c]1c(cccc1N4c1ccccc1O2)O3. The monoisotopic (exact) mass is 824 g/mol. The number of nitrogens with zero attached hydrogens (tertiary/aromatic N) is 2. The van der Waals surface area contributed by atoms with Crippen molar-refractivity contribution in [1.29, 1.82) is 0 Å². The average molecular weight is 822 g/mol. The van der Waals surface area contributed by atoms with Crippen LogP contribution in [0.3, 0.4) is 0 Å². The van der Waals surface area contributed by atoms with E-state index in [0.29, 0.717) is 0 Å². The Labute approximate surface area is 313 Å². The second-order valence-corrected chi connectivity index (χ2v) is 31.1. The molecule has 0 aromatic heterocycles. The fourth-order valence-electron chi connectivity index (χ4n) is 11.0. The molecule has 8 aliphatic heterocycles. The molecule has 7 aromatic rings. The molecule has 10 heteroatoms. The minimum absolute atomic E-state index is 0.772. The summed E-state index contributed by atoms with van der Waals surface area (Å²) in [4.78, 5) is 4.72. The van der Waals surface area contributed by atoms with Crippen LogP contribution in [-0.2, 0) is 0 Å². The van der Waals surface area contributed by atoms with Gasteiger partial charge in [0.1, 0.15) is 0 Å². The molecule has 0 fully saturated rings. The van der Waals surface area contributed by atoms with E-state index in [9.17, 15) is 0 Å². The first-order valence-corrected chi connectivity index (χ1v) is 28.7. The molecule has 0 amide bonds. The van der Waals surface area contributed by atoms with Crippen LogP contribution < -0.4 is 64.6 Å². The van der Waals surface area contributed by atoms with Crippen molar-refractivity contribution in [2.24, 2.45) is 0 Å². The van der Waals surface area contributed by atoms with Crippen molar-refractivity contribution in [3.63, 3.8) is 0 Å². The summed E-state index contributed by atoms with van der Waals surface area (Å²) in [5.74, 6) is 14.9. The van der Waals surface area contributed by atoms with Crippen molar-refractivity contribution in [2.45, 2.75) is 11.5 Å². The van der Waals surface area contributed by atoms with Gasteiger partial charge in [-0.2, -0.15) is 0 Å². The molecule has 2 atom stereocenters. The summed E-state index contributed by atoms with van der Waals surface area (Å²) in [6, 6.07) is 37.8. The summed E-state index contributed by atoms with van der Waals surface area (Å²) in [6.07, 6.45) is 0. The summed E-state index contributed by atoms with van der Waals surface area (Å²) in [5, 5.41) is 0. The van der Waals surface area contributed by atoms with Crippen LogP contribution in [0.1, 0.15) is 0 Å². The summed E-state index contributed by atoms with van der Waals surface area (Å²) >= 11 is -7.32. The Kier molecular flexibility index (Phi) is 4.36.